The molecular weight excluding hydrogens is 170 g/mol. The van der Waals surface area contributed by atoms with Gasteiger partial charge in [0, 0.05) is 6.04 Å². The smallest absolute Gasteiger partial charge is 0.00671 e. The van der Waals surface area contributed by atoms with Gasteiger partial charge in [-0.15, -0.1) is 0 Å². The highest BCUT2D eigenvalue weighted by molar-refractivity contribution is 4.75. The molecule has 14 heavy (non-hydrogen) atoms. The van der Waals surface area contributed by atoms with E-state index in [1.807, 2.05) is 0 Å². The van der Waals surface area contributed by atoms with Crippen LogP contribution in [0.25, 0.3) is 0 Å². The second kappa shape index (κ2) is 7.28. The molecular formula is C13H27N. The van der Waals surface area contributed by atoms with Crippen LogP contribution in [0.3, 0.4) is 0 Å². The van der Waals surface area contributed by atoms with Crippen molar-refractivity contribution in [3.05, 3.63) is 0 Å². The van der Waals surface area contributed by atoms with Crippen molar-refractivity contribution in [3.8, 4) is 0 Å². The van der Waals surface area contributed by atoms with Gasteiger partial charge < -0.3 is 5.32 Å². The summed E-state index contributed by atoms with van der Waals surface area (Å²) in [6.07, 6.45) is 11.2. The van der Waals surface area contributed by atoms with E-state index in [2.05, 4.69) is 19.2 Å². The summed E-state index contributed by atoms with van der Waals surface area (Å²) in [5.74, 6) is 0.936. The van der Waals surface area contributed by atoms with Crippen molar-refractivity contribution in [1.82, 2.24) is 5.32 Å². The third-order valence-electron chi connectivity index (χ3n) is 3.44. The summed E-state index contributed by atoms with van der Waals surface area (Å²) < 4.78 is 0. The van der Waals surface area contributed by atoms with Crippen LogP contribution >= 0.6 is 0 Å². The molecule has 0 aromatic carbocycles. The van der Waals surface area contributed by atoms with Crippen molar-refractivity contribution < 1.29 is 0 Å². The SMILES string of the molecule is CCCC(CCC)CNC1CCCC1. The minimum Gasteiger partial charge on any atom is -0.314 e. The summed E-state index contributed by atoms with van der Waals surface area (Å²) in [6.45, 7) is 5.88. The van der Waals surface area contributed by atoms with Gasteiger partial charge in [-0.25, -0.2) is 0 Å². The van der Waals surface area contributed by atoms with E-state index >= 15 is 0 Å². The van der Waals surface area contributed by atoms with Crippen molar-refractivity contribution in [2.75, 3.05) is 6.54 Å². The molecule has 0 aromatic heterocycles. The van der Waals surface area contributed by atoms with Crippen LogP contribution in [-0.2, 0) is 0 Å². The highest BCUT2D eigenvalue weighted by Gasteiger charge is 2.15. The highest BCUT2D eigenvalue weighted by Crippen LogP contribution is 2.19. The topological polar surface area (TPSA) is 12.0 Å². The van der Waals surface area contributed by atoms with E-state index < -0.39 is 0 Å². The molecule has 1 aliphatic rings. The van der Waals surface area contributed by atoms with Crippen molar-refractivity contribution >= 4 is 0 Å². The normalized spacial score (nSPS) is 18.2. The van der Waals surface area contributed by atoms with Crippen LogP contribution in [-0.4, -0.2) is 12.6 Å². The Morgan fingerprint density at radius 3 is 2.14 bits per heavy atom. The van der Waals surface area contributed by atoms with Gasteiger partial charge in [0.2, 0.25) is 0 Å². The first-order valence-electron chi connectivity index (χ1n) is 6.60. The highest BCUT2D eigenvalue weighted by atomic mass is 14.9. The zero-order valence-electron chi connectivity index (χ0n) is 10.0. The van der Waals surface area contributed by atoms with Crippen molar-refractivity contribution in [1.29, 1.82) is 0 Å². The van der Waals surface area contributed by atoms with Gasteiger partial charge in [-0.3, -0.25) is 0 Å². The van der Waals surface area contributed by atoms with Crippen LogP contribution in [0.5, 0.6) is 0 Å². The molecule has 0 aliphatic heterocycles. The molecule has 0 atom stereocenters. The Balaban J connectivity index is 2.10. The van der Waals surface area contributed by atoms with Gasteiger partial charge in [-0.1, -0.05) is 39.5 Å². The van der Waals surface area contributed by atoms with E-state index in [1.165, 1.54) is 57.9 Å². The van der Waals surface area contributed by atoms with Gasteiger partial charge in [0.15, 0.2) is 0 Å². The minimum absolute atomic E-state index is 0.853. The molecule has 1 rings (SSSR count). The number of hydrogen-bond donors (Lipinski definition) is 1. The fourth-order valence-corrected chi connectivity index (χ4v) is 2.63. The molecule has 1 fully saturated rings. The predicted molar refractivity (Wildman–Crippen MR) is 63.6 cm³/mol. The maximum Gasteiger partial charge on any atom is 0.00671 e. The van der Waals surface area contributed by atoms with Crippen LogP contribution in [0.2, 0.25) is 0 Å². The lowest BCUT2D eigenvalue weighted by Crippen LogP contribution is -2.31. The molecule has 0 radical (unpaired) electrons. The van der Waals surface area contributed by atoms with Crippen molar-refractivity contribution in [2.24, 2.45) is 5.92 Å². The van der Waals surface area contributed by atoms with Gasteiger partial charge in [-0.05, 0) is 38.1 Å². The maximum absolute atomic E-state index is 3.75. The van der Waals surface area contributed by atoms with Gasteiger partial charge in [-0.2, -0.15) is 0 Å². The standard InChI is InChI=1S/C13H27N/c1-3-7-12(8-4-2)11-14-13-9-5-6-10-13/h12-14H,3-11H2,1-2H3. The van der Waals surface area contributed by atoms with Gasteiger partial charge in [0.05, 0.1) is 0 Å². The average Bonchev–Trinajstić information content (AvgIpc) is 2.67. The first kappa shape index (κ1) is 12.0. The zero-order chi connectivity index (χ0) is 10.2. The molecule has 0 aromatic rings. The lowest BCUT2D eigenvalue weighted by Gasteiger charge is -2.19. The summed E-state index contributed by atoms with van der Waals surface area (Å²) in [4.78, 5) is 0. The first-order valence-corrected chi connectivity index (χ1v) is 6.60. The number of nitrogens with one attached hydrogen (secondary N) is 1. The molecule has 0 spiro atoms. The Morgan fingerprint density at radius 1 is 1.07 bits per heavy atom. The molecule has 0 unspecified atom stereocenters. The van der Waals surface area contributed by atoms with Crippen molar-refractivity contribution in [2.45, 2.75) is 71.3 Å². The fraction of sp³-hybridized carbons (Fsp3) is 1.00. The van der Waals surface area contributed by atoms with Crippen LogP contribution in [0.1, 0.15) is 65.2 Å². The monoisotopic (exact) mass is 197 g/mol. The van der Waals surface area contributed by atoms with Crippen LogP contribution in [0.15, 0.2) is 0 Å². The van der Waals surface area contributed by atoms with Crippen molar-refractivity contribution in [3.63, 3.8) is 0 Å². The third kappa shape index (κ3) is 4.45. The molecule has 0 saturated heterocycles. The quantitative estimate of drug-likeness (QED) is 0.655. The first-order chi connectivity index (χ1) is 6.86. The van der Waals surface area contributed by atoms with E-state index in [4.69, 9.17) is 0 Å². The zero-order valence-corrected chi connectivity index (χ0v) is 10.0. The summed E-state index contributed by atoms with van der Waals surface area (Å²) in [5, 5.41) is 3.75. The molecule has 1 heteroatoms. The Kier molecular flexibility index (Phi) is 6.25. The molecule has 1 nitrogen and oxygen atoms in total. The minimum atomic E-state index is 0.853. The van der Waals surface area contributed by atoms with E-state index in [9.17, 15) is 0 Å². The third-order valence-corrected chi connectivity index (χ3v) is 3.44. The van der Waals surface area contributed by atoms with Crippen LogP contribution in [0, 0.1) is 5.92 Å². The summed E-state index contributed by atoms with van der Waals surface area (Å²) in [5.41, 5.74) is 0. The fourth-order valence-electron chi connectivity index (χ4n) is 2.63. The van der Waals surface area contributed by atoms with E-state index in [1.54, 1.807) is 0 Å². The molecule has 0 heterocycles. The largest absolute Gasteiger partial charge is 0.314 e. The Bertz CT molecular complexity index is 121. The van der Waals surface area contributed by atoms with Crippen LogP contribution in [0.4, 0.5) is 0 Å². The second-order valence-corrected chi connectivity index (χ2v) is 4.83. The van der Waals surface area contributed by atoms with Gasteiger partial charge in [0.1, 0.15) is 0 Å². The van der Waals surface area contributed by atoms with E-state index in [0.717, 1.165) is 12.0 Å². The Hall–Kier alpha value is -0.0400. The Morgan fingerprint density at radius 2 is 1.64 bits per heavy atom. The molecule has 1 saturated carbocycles. The molecule has 1 aliphatic carbocycles. The molecule has 0 amide bonds. The lowest BCUT2D eigenvalue weighted by molar-refractivity contribution is 0.381. The van der Waals surface area contributed by atoms with E-state index in [-0.39, 0.29) is 0 Å². The second-order valence-electron chi connectivity index (χ2n) is 4.83. The summed E-state index contributed by atoms with van der Waals surface area (Å²) >= 11 is 0. The number of rotatable bonds is 7. The predicted octanol–water partition coefficient (Wildman–Crippen LogP) is 3.74. The summed E-state index contributed by atoms with van der Waals surface area (Å²) in [7, 11) is 0. The maximum atomic E-state index is 3.75. The molecule has 0 bridgehead atoms. The summed E-state index contributed by atoms with van der Waals surface area (Å²) in [6, 6.07) is 0.853. The van der Waals surface area contributed by atoms with Gasteiger partial charge in [0.25, 0.3) is 0 Å². The van der Waals surface area contributed by atoms with Gasteiger partial charge >= 0.3 is 0 Å². The molecule has 1 N–H and O–H groups in total. The Labute approximate surface area is 89.7 Å². The average molecular weight is 197 g/mol. The number of hydrogen-bond acceptors (Lipinski definition) is 1. The van der Waals surface area contributed by atoms with E-state index in [0.29, 0.717) is 0 Å². The van der Waals surface area contributed by atoms with Crippen LogP contribution < -0.4 is 5.32 Å². The molecule has 84 valence electrons. The lowest BCUT2D eigenvalue weighted by atomic mass is 9.98.